The zero-order valence-electron chi connectivity index (χ0n) is 9.64. The lowest BCUT2D eigenvalue weighted by molar-refractivity contribution is -0.140. The van der Waals surface area contributed by atoms with Crippen molar-refractivity contribution < 1.29 is 14.7 Å². The molecule has 0 bridgehead atoms. The number of hydrogen-bond acceptors (Lipinski definition) is 2. The van der Waals surface area contributed by atoms with Gasteiger partial charge in [0, 0.05) is 13.1 Å². The summed E-state index contributed by atoms with van der Waals surface area (Å²) >= 11 is 0. The Morgan fingerprint density at radius 3 is 2.50 bits per heavy atom. The second-order valence-corrected chi connectivity index (χ2v) is 4.22. The quantitative estimate of drug-likeness (QED) is 0.707. The topological polar surface area (TPSA) is 69.6 Å². The van der Waals surface area contributed by atoms with Gasteiger partial charge in [0.2, 0.25) is 0 Å². The third-order valence-corrected chi connectivity index (χ3v) is 2.56. The van der Waals surface area contributed by atoms with Gasteiger partial charge in [-0.25, -0.2) is 9.59 Å². The number of nitrogens with zero attached hydrogens (tertiary/aromatic N) is 1. The first-order chi connectivity index (χ1) is 7.52. The summed E-state index contributed by atoms with van der Waals surface area (Å²) in [4.78, 5) is 24.3. The lowest BCUT2D eigenvalue weighted by atomic mass is 10.1. The molecule has 0 aliphatic carbocycles. The summed E-state index contributed by atoms with van der Waals surface area (Å²) in [5.41, 5.74) is 0. The zero-order valence-corrected chi connectivity index (χ0v) is 9.64. The highest BCUT2D eigenvalue weighted by Gasteiger charge is 2.25. The van der Waals surface area contributed by atoms with Gasteiger partial charge in [-0.3, -0.25) is 0 Å². The minimum Gasteiger partial charge on any atom is -0.480 e. The molecule has 0 saturated heterocycles. The predicted molar refractivity (Wildman–Crippen MR) is 60.1 cm³/mol. The van der Waals surface area contributed by atoms with E-state index in [1.54, 1.807) is 18.7 Å². The fourth-order valence-corrected chi connectivity index (χ4v) is 1.56. The normalized spacial score (nSPS) is 17.3. The highest BCUT2D eigenvalue weighted by molar-refractivity contribution is 5.82. The lowest BCUT2D eigenvalue weighted by Crippen LogP contribution is -2.50. The van der Waals surface area contributed by atoms with Gasteiger partial charge in [0.05, 0.1) is 0 Å². The van der Waals surface area contributed by atoms with Crippen molar-refractivity contribution in [2.75, 3.05) is 13.1 Å². The predicted octanol–water partition coefficient (Wildman–Crippen LogP) is 1.07. The number of amides is 2. The third-order valence-electron chi connectivity index (χ3n) is 2.56. The molecule has 2 N–H and O–H groups in total. The van der Waals surface area contributed by atoms with Crippen molar-refractivity contribution in [1.29, 1.82) is 0 Å². The molecule has 1 rings (SSSR count). The van der Waals surface area contributed by atoms with E-state index in [0.29, 0.717) is 13.1 Å². The number of carboxylic acid groups (broad SMARTS) is 1. The molecule has 0 aromatic rings. The largest absolute Gasteiger partial charge is 0.480 e. The van der Waals surface area contributed by atoms with Gasteiger partial charge >= 0.3 is 12.0 Å². The number of aliphatic carboxylic acids is 1. The van der Waals surface area contributed by atoms with Crippen LogP contribution in [0.4, 0.5) is 4.79 Å². The van der Waals surface area contributed by atoms with Crippen LogP contribution in [0, 0.1) is 5.92 Å². The van der Waals surface area contributed by atoms with Crippen molar-refractivity contribution in [3.63, 3.8) is 0 Å². The number of nitrogens with one attached hydrogen (secondary N) is 1. The zero-order chi connectivity index (χ0) is 12.1. The molecule has 90 valence electrons. The molecule has 1 aliphatic heterocycles. The van der Waals surface area contributed by atoms with Gasteiger partial charge in [0.1, 0.15) is 6.04 Å². The molecule has 0 radical (unpaired) electrons. The minimum atomic E-state index is -0.990. The van der Waals surface area contributed by atoms with Crippen molar-refractivity contribution in [2.45, 2.75) is 26.3 Å². The second-order valence-electron chi connectivity index (χ2n) is 4.22. The smallest absolute Gasteiger partial charge is 0.326 e. The summed E-state index contributed by atoms with van der Waals surface area (Å²) in [5, 5.41) is 11.5. The Kier molecular flexibility index (Phi) is 4.34. The van der Waals surface area contributed by atoms with Crippen LogP contribution in [-0.2, 0) is 4.79 Å². The maximum atomic E-state index is 11.7. The summed E-state index contributed by atoms with van der Waals surface area (Å²) in [6.45, 7) is 4.74. The summed E-state index contributed by atoms with van der Waals surface area (Å²) in [6.07, 6.45) is 4.75. The van der Waals surface area contributed by atoms with Crippen molar-refractivity contribution in [1.82, 2.24) is 10.2 Å². The van der Waals surface area contributed by atoms with E-state index < -0.39 is 12.0 Å². The molecule has 0 spiro atoms. The van der Waals surface area contributed by atoms with Crippen molar-refractivity contribution in [3.8, 4) is 0 Å². The SMILES string of the molecule is CC(C)[C@H](NC(=O)N1CC=CCC1)C(=O)O. The first-order valence-corrected chi connectivity index (χ1v) is 5.45. The lowest BCUT2D eigenvalue weighted by Gasteiger charge is -2.26. The molecule has 0 saturated carbocycles. The van der Waals surface area contributed by atoms with Crippen LogP contribution >= 0.6 is 0 Å². The van der Waals surface area contributed by atoms with E-state index in [-0.39, 0.29) is 11.9 Å². The van der Waals surface area contributed by atoms with Crippen molar-refractivity contribution >= 4 is 12.0 Å². The molecule has 0 aromatic carbocycles. The Balaban J connectivity index is 2.54. The van der Waals surface area contributed by atoms with Gasteiger partial charge < -0.3 is 15.3 Å². The Labute approximate surface area is 95.1 Å². The number of rotatable bonds is 3. The van der Waals surface area contributed by atoms with E-state index in [2.05, 4.69) is 5.32 Å². The Morgan fingerprint density at radius 2 is 2.06 bits per heavy atom. The van der Waals surface area contributed by atoms with Crippen LogP contribution in [0.1, 0.15) is 20.3 Å². The van der Waals surface area contributed by atoms with Crippen LogP contribution in [0.3, 0.4) is 0 Å². The first-order valence-electron chi connectivity index (χ1n) is 5.45. The molecular formula is C11H18N2O3. The number of carboxylic acids is 1. The van der Waals surface area contributed by atoms with E-state index in [4.69, 9.17) is 5.11 Å². The molecule has 16 heavy (non-hydrogen) atoms. The molecule has 5 heteroatoms. The molecule has 0 fully saturated rings. The average molecular weight is 226 g/mol. The van der Waals surface area contributed by atoms with E-state index >= 15 is 0 Å². The second kappa shape index (κ2) is 5.53. The molecular weight excluding hydrogens is 208 g/mol. The van der Waals surface area contributed by atoms with E-state index in [9.17, 15) is 9.59 Å². The summed E-state index contributed by atoms with van der Waals surface area (Å²) in [5.74, 6) is -1.11. The molecule has 5 nitrogen and oxygen atoms in total. The molecule has 0 aromatic heterocycles. The summed E-state index contributed by atoms with van der Waals surface area (Å²) < 4.78 is 0. The van der Waals surface area contributed by atoms with Crippen molar-refractivity contribution in [2.24, 2.45) is 5.92 Å². The number of carbonyl (C=O) groups is 2. The van der Waals surface area contributed by atoms with E-state index in [0.717, 1.165) is 6.42 Å². The molecule has 0 unspecified atom stereocenters. The average Bonchev–Trinajstić information content (AvgIpc) is 2.25. The van der Waals surface area contributed by atoms with Gasteiger partial charge in [0.15, 0.2) is 0 Å². The van der Waals surface area contributed by atoms with Gasteiger partial charge in [-0.05, 0) is 12.3 Å². The highest BCUT2D eigenvalue weighted by Crippen LogP contribution is 2.05. The van der Waals surface area contributed by atoms with Crippen LogP contribution in [0.2, 0.25) is 0 Å². The first kappa shape index (κ1) is 12.5. The van der Waals surface area contributed by atoms with Crippen LogP contribution in [0.25, 0.3) is 0 Å². The standard InChI is InChI=1S/C11H18N2O3/c1-8(2)9(10(14)15)12-11(16)13-6-4-3-5-7-13/h3-4,8-9H,5-7H2,1-2H3,(H,12,16)(H,14,15)/t9-/m0/s1. The van der Waals surface area contributed by atoms with Gasteiger partial charge in [-0.15, -0.1) is 0 Å². The molecule has 1 atom stereocenters. The van der Waals surface area contributed by atoms with Crippen LogP contribution in [0.5, 0.6) is 0 Å². The maximum Gasteiger partial charge on any atom is 0.326 e. The molecule has 1 heterocycles. The van der Waals surface area contributed by atoms with Crippen molar-refractivity contribution in [3.05, 3.63) is 12.2 Å². The summed E-state index contributed by atoms with van der Waals surface area (Å²) in [6, 6.07) is -1.12. The Morgan fingerprint density at radius 1 is 1.38 bits per heavy atom. The van der Waals surface area contributed by atoms with E-state index in [1.165, 1.54) is 0 Å². The Bertz CT molecular complexity index is 300. The third kappa shape index (κ3) is 3.25. The van der Waals surface area contributed by atoms with Gasteiger partial charge in [-0.1, -0.05) is 26.0 Å². The molecule has 2 amide bonds. The van der Waals surface area contributed by atoms with Gasteiger partial charge in [0.25, 0.3) is 0 Å². The van der Waals surface area contributed by atoms with E-state index in [1.807, 2.05) is 12.2 Å². The number of urea groups is 1. The van der Waals surface area contributed by atoms with Crippen LogP contribution in [0.15, 0.2) is 12.2 Å². The van der Waals surface area contributed by atoms with Gasteiger partial charge in [-0.2, -0.15) is 0 Å². The molecule has 1 aliphatic rings. The fourth-order valence-electron chi connectivity index (χ4n) is 1.56. The van der Waals surface area contributed by atoms with Crippen LogP contribution in [-0.4, -0.2) is 41.1 Å². The van der Waals surface area contributed by atoms with Crippen LogP contribution < -0.4 is 5.32 Å². The Hall–Kier alpha value is -1.52. The highest BCUT2D eigenvalue weighted by atomic mass is 16.4. The minimum absolute atomic E-state index is 0.123. The number of carbonyl (C=O) groups excluding carboxylic acids is 1. The number of hydrogen-bond donors (Lipinski definition) is 2. The maximum absolute atomic E-state index is 11.7. The fraction of sp³-hybridized carbons (Fsp3) is 0.636. The monoisotopic (exact) mass is 226 g/mol. The summed E-state index contributed by atoms with van der Waals surface area (Å²) in [7, 11) is 0.